The van der Waals surface area contributed by atoms with Crippen molar-refractivity contribution in [2.45, 2.75) is 26.7 Å². The van der Waals surface area contributed by atoms with Crippen molar-refractivity contribution in [3.05, 3.63) is 75.7 Å². The number of hydrogen-bond donors (Lipinski definition) is 0. The standard InChI is InChI=1S/C24H26O5/c1-6-18-15-21(19-9-11-20(27-5)12-10-19)24(26)29-22(18)14-17(4)8-7-13-28-23(25)16(2)3/h6,9-12,14-15H,2,4,7-8,13H2,1,3,5H3/b18-6-,22-14+. The lowest BCUT2D eigenvalue weighted by Crippen LogP contribution is -2.30. The van der Waals surface area contributed by atoms with Gasteiger partial charge in [0.1, 0.15) is 11.2 Å². The summed E-state index contributed by atoms with van der Waals surface area (Å²) in [5, 5.41) is 0.797. The second kappa shape index (κ2) is 10.3. The Morgan fingerprint density at radius 2 is 1.90 bits per heavy atom. The molecule has 5 nitrogen and oxygen atoms in total. The maximum absolute atomic E-state index is 12.5. The van der Waals surface area contributed by atoms with E-state index in [1.54, 1.807) is 38.3 Å². The number of esters is 1. The van der Waals surface area contributed by atoms with Crippen LogP contribution in [-0.2, 0) is 9.53 Å². The molecule has 0 unspecified atom stereocenters. The quantitative estimate of drug-likeness (QED) is 0.390. The number of carbonyl (C=O) groups excluding carboxylic acids is 1. The molecule has 0 N–H and O–H groups in total. The maximum atomic E-state index is 12.5. The molecule has 0 radical (unpaired) electrons. The van der Waals surface area contributed by atoms with E-state index in [0.29, 0.717) is 29.4 Å². The molecule has 0 bridgehead atoms. The predicted molar refractivity (Wildman–Crippen MR) is 115 cm³/mol. The van der Waals surface area contributed by atoms with Crippen molar-refractivity contribution in [3.63, 3.8) is 0 Å². The van der Waals surface area contributed by atoms with Gasteiger partial charge in [0.2, 0.25) is 0 Å². The van der Waals surface area contributed by atoms with Gasteiger partial charge in [-0.1, -0.05) is 36.9 Å². The van der Waals surface area contributed by atoms with Crippen LogP contribution in [0.25, 0.3) is 23.3 Å². The van der Waals surface area contributed by atoms with Gasteiger partial charge in [-0.05, 0) is 56.5 Å². The first-order valence-electron chi connectivity index (χ1n) is 9.32. The third-order valence-electron chi connectivity index (χ3n) is 4.28. The molecule has 0 aliphatic heterocycles. The third kappa shape index (κ3) is 6.07. The fraction of sp³-hybridized carbons (Fsp3) is 0.250. The van der Waals surface area contributed by atoms with Crippen molar-refractivity contribution in [3.8, 4) is 16.9 Å². The highest BCUT2D eigenvalue weighted by molar-refractivity contribution is 5.86. The molecule has 152 valence electrons. The summed E-state index contributed by atoms with van der Waals surface area (Å²) < 4.78 is 15.8. The second-order valence-electron chi connectivity index (χ2n) is 6.61. The lowest BCUT2D eigenvalue weighted by Gasteiger charge is -2.05. The van der Waals surface area contributed by atoms with Gasteiger partial charge in [-0.15, -0.1) is 0 Å². The molecule has 1 heterocycles. The third-order valence-corrected chi connectivity index (χ3v) is 4.28. The first-order valence-corrected chi connectivity index (χ1v) is 9.32. The van der Waals surface area contributed by atoms with Crippen LogP contribution in [0.3, 0.4) is 0 Å². The summed E-state index contributed by atoms with van der Waals surface area (Å²) in [6.07, 6.45) is 4.85. The molecule has 0 amide bonds. The van der Waals surface area contributed by atoms with E-state index in [2.05, 4.69) is 13.2 Å². The Hall–Kier alpha value is -3.34. The van der Waals surface area contributed by atoms with E-state index in [4.69, 9.17) is 13.9 Å². The molecule has 2 rings (SSSR count). The van der Waals surface area contributed by atoms with Gasteiger partial charge in [-0.3, -0.25) is 0 Å². The summed E-state index contributed by atoms with van der Waals surface area (Å²) in [5.41, 5.74) is 2.42. The number of carbonyl (C=O) groups is 1. The van der Waals surface area contributed by atoms with Crippen molar-refractivity contribution < 1.29 is 18.7 Å². The molecule has 1 aromatic heterocycles. The van der Waals surface area contributed by atoms with E-state index in [9.17, 15) is 9.59 Å². The first kappa shape index (κ1) is 22.0. The van der Waals surface area contributed by atoms with Crippen LogP contribution in [0.5, 0.6) is 5.75 Å². The minimum Gasteiger partial charge on any atom is -0.497 e. The van der Waals surface area contributed by atoms with Gasteiger partial charge in [-0.2, -0.15) is 0 Å². The predicted octanol–water partition coefficient (Wildman–Crippen LogP) is 3.35. The smallest absolute Gasteiger partial charge is 0.344 e. The van der Waals surface area contributed by atoms with Crippen LogP contribution in [0.4, 0.5) is 0 Å². The van der Waals surface area contributed by atoms with Crippen molar-refractivity contribution in [1.29, 1.82) is 0 Å². The summed E-state index contributed by atoms with van der Waals surface area (Å²) in [7, 11) is 1.59. The lowest BCUT2D eigenvalue weighted by atomic mass is 10.1. The van der Waals surface area contributed by atoms with E-state index >= 15 is 0 Å². The van der Waals surface area contributed by atoms with Crippen molar-refractivity contribution in [2.75, 3.05) is 13.7 Å². The Labute approximate surface area is 170 Å². The summed E-state index contributed by atoms with van der Waals surface area (Å²) in [5.74, 6) is 0.318. The zero-order chi connectivity index (χ0) is 21.4. The van der Waals surface area contributed by atoms with E-state index in [1.165, 1.54) is 0 Å². The molecule has 0 spiro atoms. The topological polar surface area (TPSA) is 65.7 Å². The van der Waals surface area contributed by atoms with Gasteiger partial charge in [0.05, 0.1) is 19.3 Å². The van der Waals surface area contributed by atoms with Crippen LogP contribution in [-0.4, -0.2) is 19.7 Å². The molecule has 5 heteroatoms. The fourth-order valence-electron chi connectivity index (χ4n) is 2.65. The molecule has 0 aliphatic rings. The Bertz CT molecular complexity index is 1070. The van der Waals surface area contributed by atoms with Crippen LogP contribution < -0.4 is 21.0 Å². The molecule has 0 atom stereocenters. The molecule has 29 heavy (non-hydrogen) atoms. The molecule has 0 aliphatic carbocycles. The molecular weight excluding hydrogens is 368 g/mol. The highest BCUT2D eigenvalue weighted by Crippen LogP contribution is 2.18. The molecular formula is C24H26O5. The Morgan fingerprint density at radius 1 is 1.21 bits per heavy atom. The van der Waals surface area contributed by atoms with Crippen molar-refractivity contribution in [1.82, 2.24) is 0 Å². The van der Waals surface area contributed by atoms with Gasteiger partial charge in [-0.25, -0.2) is 9.59 Å². The monoisotopic (exact) mass is 394 g/mol. The number of ether oxygens (including phenoxy) is 2. The highest BCUT2D eigenvalue weighted by atomic mass is 16.5. The Balaban J connectivity index is 2.19. The molecule has 1 aromatic carbocycles. The Morgan fingerprint density at radius 3 is 2.48 bits per heavy atom. The van der Waals surface area contributed by atoms with E-state index < -0.39 is 11.6 Å². The van der Waals surface area contributed by atoms with Crippen LogP contribution >= 0.6 is 0 Å². The first-order chi connectivity index (χ1) is 13.8. The molecule has 0 saturated heterocycles. The van der Waals surface area contributed by atoms with E-state index in [-0.39, 0.29) is 6.61 Å². The van der Waals surface area contributed by atoms with Gasteiger partial charge in [0.25, 0.3) is 0 Å². The summed E-state index contributed by atoms with van der Waals surface area (Å²) in [4.78, 5) is 23.9. The highest BCUT2D eigenvalue weighted by Gasteiger charge is 2.07. The van der Waals surface area contributed by atoms with Gasteiger partial charge < -0.3 is 13.9 Å². The molecule has 0 fully saturated rings. The summed E-state index contributed by atoms with van der Waals surface area (Å²) in [6, 6.07) is 9.04. The van der Waals surface area contributed by atoms with E-state index in [1.807, 2.05) is 25.1 Å². The Kier molecular flexibility index (Phi) is 7.78. The lowest BCUT2D eigenvalue weighted by molar-refractivity contribution is -0.139. The maximum Gasteiger partial charge on any atom is 0.344 e. The van der Waals surface area contributed by atoms with Crippen LogP contribution in [0.15, 0.2) is 63.8 Å². The number of rotatable bonds is 8. The van der Waals surface area contributed by atoms with Gasteiger partial charge in [0.15, 0.2) is 0 Å². The summed E-state index contributed by atoms with van der Waals surface area (Å²) >= 11 is 0. The molecule has 2 aromatic rings. The number of hydrogen-bond acceptors (Lipinski definition) is 5. The largest absolute Gasteiger partial charge is 0.497 e. The second-order valence-corrected chi connectivity index (χ2v) is 6.61. The number of allylic oxidation sites excluding steroid dienone is 1. The normalized spacial score (nSPS) is 12.0. The zero-order valence-electron chi connectivity index (χ0n) is 17.1. The number of methoxy groups -OCH3 is 1. The van der Waals surface area contributed by atoms with Crippen LogP contribution in [0.2, 0.25) is 0 Å². The van der Waals surface area contributed by atoms with Gasteiger partial charge >= 0.3 is 11.6 Å². The minimum atomic E-state index is -0.421. The number of benzene rings is 1. The molecule has 0 saturated carbocycles. The summed E-state index contributed by atoms with van der Waals surface area (Å²) in [6.45, 7) is 11.3. The van der Waals surface area contributed by atoms with Crippen LogP contribution in [0, 0.1) is 0 Å². The average molecular weight is 394 g/mol. The SMILES string of the molecule is C=C(/C=c1/oc(=O)c(-c2ccc(OC)cc2)c/c1=C/C)CCCOC(=O)C(=C)C. The van der Waals surface area contributed by atoms with Crippen molar-refractivity contribution in [2.24, 2.45) is 0 Å². The average Bonchev–Trinajstić information content (AvgIpc) is 2.71. The minimum absolute atomic E-state index is 0.283. The van der Waals surface area contributed by atoms with Crippen LogP contribution in [0.1, 0.15) is 26.7 Å². The van der Waals surface area contributed by atoms with Crippen molar-refractivity contribution >= 4 is 18.1 Å². The van der Waals surface area contributed by atoms with E-state index in [0.717, 1.165) is 22.1 Å². The van der Waals surface area contributed by atoms with Gasteiger partial charge in [0, 0.05) is 10.8 Å². The fourth-order valence-corrected chi connectivity index (χ4v) is 2.65. The zero-order valence-corrected chi connectivity index (χ0v) is 17.1.